The van der Waals surface area contributed by atoms with Gasteiger partial charge in [0.1, 0.15) is 27.1 Å². The smallest absolute Gasteiger partial charge is 0.432 e. The predicted molar refractivity (Wildman–Crippen MR) is 97.3 cm³/mol. The number of nitrogens with one attached hydrogen (secondary N) is 2. The van der Waals surface area contributed by atoms with Crippen molar-refractivity contribution in [3.05, 3.63) is 42.1 Å². The Morgan fingerprint density at radius 2 is 1.71 bits per heavy atom. The van der Waals surface area contributed by atoms with Gasteiger partial charge in [-0.3, -0.25) is 9.82 Å². The van der Waals surface area contributed by atoms with Gasteiger partial charge in [-0.15, -0.1) is 11.3 Å². The second-order valence-electron chi connectivity index (χ2n) is 5.49. The SMILES string of the molecule is COc1cc(NS(=O)(=O)c2ccc(-c3cc(C(F)(F)F)[nH]n3)s2)cc(OC)c1. The number of ether oxygens (including phenoxy) is 2. The van der Waals surface area contributed by atoms with E-state index in [2.05, 4.69) is 9.82 Å². The maximum absolute atomic E-state index is 12.7. The second-order valence-corrected chi connectivity index (χ2v) is 8.48. The van der Waals surface area contributed by atoms with Crippen LogP contribution in [-0.4, -0.2) is 32.8 Å². The fraction of sp³-hybridized carbons (Fsp3) is 0.188. The average Bonchev–Trinajstić information content (AvgIpc) is 3.29. The maximum Gasteiger partial charge on any atom is 0.432 e. The first-order valence-electron chi connectivity index (χ1n) is 7.61. The molecular formula is C16H14F3N3O4S2. The van der Waals surface area contributed by atoms with Crippen LogP contribution in [0.25, 0.3) is 10.6 Å². The fourth-order valence-corrected chi connectivity index (χ4v) is 4.57. The largest absolute Gasteiger partial charge is 0.497 e. The minimum absolute atomic E-state index is 0.00169. The summed E-state index contributed by atoms with van der Waals surface area (Å²) in [6, 6.07) is 8.03. The van der Waals surface area contributed by atoms with Crippen LogP contribution in [0.15, 0.2) is 40.6 Å². The third-order valence-electron chi connectivity index (χ3n) is 3.59. The minimum Gasteiger partial charge on any atom is -0.497 e. The number of alkyl halides is 3. The van der Waals surface area contributed by atoms with Gasteiger partial charge in [0.05, 0.1) is 24.8 Å². The Kier molecular flexibility index (Phi) is 5.26. The molecule has 0 radical (unpaired) electrons. The average molecular weight is 433 g/mol. The van der Waals surface area contributed by atoms with E-state index in [9.17, 15) is 21.6 Å². The summed E-state index contributed by atoms with van der Waals surface area (Å²) in [6.07, 6.45) is -4.57. The molecule has 0 aliphatic rings. The number of aromatic nitrogens is 2. The molecule has 2 N–H and O–H groups in total. The van der Waals surface area contributed by atoms with E-state index in [1.54, 1.807) is 6.07 Å². The summed E-state index contributed by atoms with van der Waals surface area (Å²) in [6.45, 7) is 0. The van der Waals surface area contributed by atoms with E-state index in [4.69, 9.17) is 9.47 Å². The first-order valence-corrected chi connectivity index (χ1v) is 9.91. The van der Waals surface area contributed by atoms with Crippen molar-refractivity contribution in [3.8, 4) is 22.1 Å². The van der Waals surface area contributed by atoms with E-state index < -0.39 is 21.9 Å². The topological polar surface area (TPSA) is 93.3 Å². The van der Waals surface area contributed by atoms with Crippen LogP contribution in [0.1, 0.15) is 5.69 Å². The molecule has 7 nitrogen and oxygen atoms in total. The molecule has 28 heavy (non-hydrogen) atoms. The Hall–Kier alpha value is -2.73. The predicted octanol–water partition coefficient (Wildman–Crippen LogP) is 3.98. The van der Waals surface area contributed by atoms with Gasteiger partial charge in [-0.1, -0.05) is 0 Å². The van der Waals surface area contributed by atoms with Crippen LogP contribution in [0.3, 0.4) is 0 Å². The number of hydrogen-bond acceptors (Lipinski definition) is 6. The number of rotatable bonds is 6. The van der Waals surface area contributed by atoms with Crippen LogP contribution < -0.4 is 14.2 Å². The van der Waals surface area contributed by atoms with E-state index in [-0.39, 0.29) is 20.5 Å². The summed E-state index contributed by atoms with van der Waals surface area (Å²) in [7, 11) is -1.12. The van der Waals surface area contributed by atoms with Gasteiger partial charge >= 0.3 is 6.18 Å². The first-order chi connectivity index (χ1) is 13.1. The van der Waals surface area contributed by atoms with Crippen LogP contribution in [0.4, 0.5) is 18.9 Å². The van der Waals surface area contributed by atoms with Crippen LogP contribution >= 0.6 is 11.3 Å². The zero-order chi connectivity index (χ0) is 20.5. The van der Waals surface area contributed by atoms with Crippen LogP contribution in [0, 0.1) is 0 Å². The Bertz CT molecular complexity index is 1070. The lowest BCUT2D eigenvalue weighted by atomic mass is 10.3. The number of thiophene rings is 1. The Balaban J connectivity index is 1.87. The molecule has 0 bridgehead atoms. The molecule has 0 unspecified atom stereocenters. The third-order valence-corrected chi connectivity index (χ3v) is 6.57. The van der Waals surface area contributed by atoms with Crippen LogP contribution in [0.2, 0.25) is 0 Å². The molecule has 0 aliphatic heterocycles. The second kappa shape index (κ2) is 7.36. The molecule has 1 aromatic carbocycles. The molecule has 3 aromatic rings. The molecule has 0 saturated heterocycles. The van der Waals surface area contributed by atoms with Crippen molar-refractivity contribution in [1.82, 2.24) is 10.2 Å². The number of anilines is 1. The monoisotopic (exact) mass is 433 g/mol. The van der Waals surface area contributed by atoms with Crippen LogP contribution in [-0.2, 0) is 16.2 Å². The van der Waals surface area contributed by atoms with Crippen molar-refractivity contribution in [2.45, 2.75) is 10.4 Å². The number of nitrogens with zero attached hydrogens (tertiary/aromatic N) is 1. The van der Waals surface area contributed by atoms with Crippen molar-refractivity contribution in [2.75, 3.05) is 18.9 Å². The molecule has 150 valence electrons. The molecular weight excluding hydrogens is 419 g/mol. The Morgan fingerprint density at radius 3 is 2.25 bits per heavy atom. The number of benzene rings is 1. The van der Waals surface area contributed by atoms with Crippen molar-refractivity contribution < 1.29 is 31.1 Å². The molecule has 12 heteroatoms. The van der Waals surface area contributed by atoms with E-state index in [1.807, 2.05) is 5.10 Å². The lowest BCUT2D eigenvalue weighted by molar-refractivity contribution is -0.141. The van der Waals surface area contributed by atoms with Crippen molar-refractivity contribution in [2.24, 2.45) is 0 Å². The standard InChI is InChI=1S/C16H14F3N3O4S2/c1-25-10-5-9(6-11(7-10)26-2)22-28(23,24)15-4-3-13(27-15)12-8-14(21-20-12)16(17,18)19/h3-8,22H,1-2H3,(H,20,21). The van der Waals surface area contributed by atoms with Crippen molar-refractivity contribution >= 4 is 27.0 Å². The molecule has 0 saturated carbocycles. The molecule has 3 rings (SSSR count). The number of sulfonamides is 1. The molecule has 2 aromatic heterocycles. The van der Waals surface area contributed by atoms with E-state index >= 15 is 0 Å². The van der Waals surface area contributed by atoms with E-state index in [0.717, 1.165) is 17.4 Å². The van der Waals surface area contributed by atoms with Gasteiger partial charge in [-0.2, -0.15) is 18.3 Å². The zero-order valence-electron chi connectivity index (χ0n) is 14.5. The number of hydrogen-bond donors (Lipinski definition) is 2. The van der Waals surface area contributed by atoms with Crippen LogP contribution in [0.5, 0.6) is 11.5 Å². The summed E-state index contributed by atoms with van der Waals surface area (Å²) in [5.74, 6) is 0.778. The van der Waals surface area contributed by atoms with Gasteiger partial charge in [0, 0.05) is 18.2 Å². The van der Waals surface area contributed by atoms with Crippen molar-refractivity contribution in [1.29, 1.82) is 0 Å². The summed E-state index contributed by atoms with van der Waals surface area (Å²) in [4.78, 5) is 0.273. The van der Waals surface area contributed by atoms with Gasteiger partial charge in [0.2, 0.25) is 0 Å². The lowest BCUT2D eigenvalue weighted by Crippen LogP contribution is -2.11. The minimum atomic E-state index is -4.57. The zero-order valence-corrected chi connectivity index (χ0v) is 16.1. The lowest BCUT2D eigenvalue weighted by Gasteiger charge is -2.10. The number of H-pyrrole nitrogens is 1. The molecule has 0 spiro atoms. The normalized spacial score (nSPS) is 12.0. The first kappa shape index (κ1) is 20.0. The maximum atomic E-state index is 12.7. The number of halogens is 3. The highest BCUT2D eigenvalue weighted by Crippen LogP contribution is 2.35. The van der Waals surface area contributed by atoms with Gasteiger partial charge in [-0.05, 0) is 18.2 Å². The van der Waals surface area contributed by atoms with Gasteiger partial charge < -0.3 is 9.47 Å². The third kappa shape index (κ3) is 4.22. The highest BCUT2D eigenvalue weighted by molar-refractivity contribution is 7.94. The molecule has 0 aliphatic carbocycles. The van der Waals surface area contributed by atoms with E-state index in [1.165, 1.54) is 38.5 Å². The molecule has 2 heterocycles. The molecule has 0 fully saturated rings. The summed E-state index contributed by atoms with van der Waals surface area (Å²) < 4.78 is 75.8. The Labute approximate surface area is 162 Å². The highest BCUT2D eigenvalue weighted by Gasteiger charge is 2.33. The summed E-state index contributed by atoms with van der Waals surface area (Å²) in [5.41, 5.74) is -0.797. The number of aromatic amines is 1. The van der Waals surface area contributed by atoms with Gasteiger partial charge in [0.15, 0.2) is 0 Å². The van der Waals surface area contributed by atoms with E-state index in [0.29, 0.717) is 11.5 Å². The molecule has 0 atom stereocenters. The summed E-state index contributed by atoms with van der Waals surface area (Å²) >= 11 is 0.793. The Morgan fingerprint density at radius 1 is 1.07 bits per heavy atom. The number of methoxy groups -OCH3 is 2. The highest BCUT2D eigenvalue weighted by atomic mass is 32.2. The van der Waals surface area contributed by atoms with Gasteiger partial charge in [0.25, 0.3) is 10.0 Å². The fourth-order valence-electron chi connectivity index (χ4n) is 2.27. The quantitative estimate of drug-likeness (QED) is 0.614. The summed E-state index contributed by atoms with van der Waals surface area (Å²) in [5, 5.41) is 5.49. The van der Waals surface area contributed by atoms with Crippen molar-refractivity contribution in [3.63, 3.8) is 0 Å². The molecule has 0 amide bonds. The van der Waals surface area contributed by atoms with Gasteiger partial charge in [-0.25, -0.2) is 8.42 Å².